The van der Waals surface area contributed by atoms with Gasteiger partial charge in [0.15, 0.2) is 0 Å². The molecule has 1 aromatic rings. The van der Waals surface area contributed by atoms with E-state index in [1.807, 2.05) is 6.92 Å². The van der Waals surface area contributed by atoms with E-state index >= 15 is 0 Å². The van der Waals surface area contributed by atoms with E-state index < -0.39 is 0 Å². The number of nitrogens with zero attached hydrogens (tertiary/aromatic N) is 2. The maximum atomic E-state index is 11.6. The first-order valence-electron chi connectivity index (χ1n) is 6.70. The van der Waals surface area contributed by atoms with Crippen LogP contribution in [-0.2, 0) is 11.2 Å². The van der Waals surface area contributed by atoms with Gasteiger partial charge in [-0.05, 0) is 12.8 Å². The lowest BCUT2D eigenvalue weighted by Crippen LogP contribution is -2.40. The van der Waals surface area contributed by atoms with Crippen molar-refractivity contribution in [2.24, 2.45) is 5.92 Å². The standard InChI is InChI=1S/C13H20N4O2/c1-3-10-15-11(8-12(18)16-10)17-6-4-9(5-7-17)13(19)14-2/h8-9H,3-7H2,1-2H3,(H,14,19)(H,15,16,18). The molecule has 0 radical (unpaired) electrons. The molecule has 0 atom stereocenters. The van der Waals surface area contributed by atoms with Gasteiger partial charge in [0.2, 0.25) is 5.91 Å². The van der Waals surface area contributed by atoms with E-state index in [2.05, 4.69) is 20.2 Å². The van der Waals surface area contributed by atoms with Gasteiger partial charge in [-0.25, -0.2) is 4.98 Å². The predicted octanol–water partition coefficient (Wildman–Crippen LogP) is 0.295. The van der Waals surface area contributed by atoms with Crippen LogP contribution >= 0.6 is 0 Å². The molecular formula is C13H20N4O2. The lowest BCUT2D eigenvalue weighted by Gasteiger charge is -2.31. The lowest BCUT2D eigenvalue weighted by atomic mass is 9.96. The van der Waals surface area contributed by atoms with Crippen LogP contribution in [0.5, 0.6) is 0 Å². The quantitative estimate of drug-likeness (QED) is 0.823. The van der Waals surface area contributed by atoms with Crippen LogP contribution in [0.2, 0.25) is 0 Å². The van der Waals surface area contributed by atoms with Gasteiger partial charge < -0.3 is 15.2 Å². The highest BCUT2D eigenvalue weighted by Crippen LogP contribution is 2.21. The van der Waals surface area contributed by atoms with Gasteiger partial charge in [-0.1, -0.05) is 6.92 Å². The fraction of sp³-hybridized carbons (Fsp3) is 0.615. The van der Waals surface area contributed by atoms with Crippen molar-refractivity contribution in [2.75, 3.05) is 25.0 Å². The van der Waals surface area contributed by atoms with Gasteiger partial charge in [0.25, 0.3) is 5.56 Å². The van der Waals surface area contributed by atoms with Crippen molar-refractivity contribution in [3.63, 3.8) is 0 Å². The first-order chi connectivity index (χ1) is 9.13. The average Bonchev–Trinajstić information content (AvgIpc) is 2.46. The number of aromatic nitrogens is 2. The number of hydrogen-bond donors (Lipinski definition) is 2. The van der Waals surface area contributed by atoms with Gasteiger partial charge >= 0.3 is 0 Å². The Balaban J connectivity index is 2.07. The molecule has 0 aliphatic carbocycles. The minimum absolute atomic E-state index is 0.0777. The zero-order valence-corrected chi connectivity index (χ0v) is 11.4. The Morgan fingerprint density at radius 2 is 2.21 bits per heavy atom. The summed E-state index contributed by atoms with van der Waals surface area (Å²) >= 11 is 0. The second kappa shape index (κ2) is 5.86. The Labute approximate surface area is 112 Å². The van der Waals surface area contributed by atoms with Crippen LogP contribution < -0.4 is 15.8 Å². The maximum Gasteiger partial charge on any atom is 0.252 e. The Hall–Kier alpha value is -1.85. The van der Waals surface area contributed by atoms with Crippen LogP contribution in [-0.4, -0.2) is 36.0 Å². The summed E-state index contributed by atoms with van der Waals surface area (Å²) in [5.41, 5.74) is -0.115. The number of H-pyrrole nitrogens is 1. The molecule has 2 heterocycles. The summed E-state index contributed by atoms with van der Waals surface area (Å²) in [6.45, 7) is 3.48. The fourth-order valence-corrected chi connectivity index (χ4v) is 2.40. The summed E-state index contributed by atoms with van der Waals surface area (Å²) in [4.78, 5) is 32.3. The predicted molar refractivity (Wildman–Crippen MR) is 73.2 cm³/mol. The van der Waals surface area contributed by atoms with Crippen LogP contribution in [0, 0.1) is 5.92 Å². The van der Waals surface area contributed by atoms with Gasteiger partial charge in [-0.15, -0.1) is 0 Å². The number of hydrogen-bond acceptors (Lipinski definition) is 4. The van der Waals surface area contributed by atoms with E-state index in [0.717, 1.165) is 31.7 Å². The average molecular weight is 264 g/mol. The minimum Gasteiger partial charge on any atom is -0.359 e. The smallest absolute Gasteiger partial charge is 0.252 e. The largest absolute Gasteiger partial charge is 0.359 e. The van der Waals surface area contributed by atoms with Crippen molar-refractivity contribution in [2.45, 2.75) is 26.2 Å². The molecule has 1 saturated heterocycles. The molecule has 6 heteroatoms. The Bertz CT molecular complexity index is 504. The number of anilines is 1. The van der Waals surface area contributed by atoms with E-state index in [1.54, 1.807) is 7.05 Å². The SMILES string of the molecule is CCc1nc(N2CCC(C(=O)NC)CC2)cc(=O)[nH]1. The third-order valence-corrected chi connectivity index (χ3v) is 3.55. The molecule has 104 valence electrons. The number of piperidine rings is 1. The molecule has 0 unspecified atom stereocenters. The van der Waals surface area contributed by atoms with Crippen LogP contribution in [0.4, 0.5) is 5.82 Å². The molecule has 0 saturated carbocycles. The summed E-state index contributed by atoms with van der Waals surface area (Å²) in [6, 6.07) is 1.53. The summed E-state index contributed by atoms with van der Waals surface area (Å²) in [5, 5.41) is 2.69. The van der Waals surface area contributed by atoms with Gasteiger partial charge in [-0.2, -0.15) is 0 Å². The van der Waals surface area contributed by atoms with Crippen molar-refractivity contribution in [3.05, 3.63) is 22.2 Å². The van der Waals surface area contributed by atoms with Crippen LogP contribution in [0.1, 0.15) is 25.6 Å². The summed E-state index contributed by atoms with van der Waals surface area (Å²) < 4.78 is 0. The van der Waals surface area contributed by atoms with E-state index in [9.17, 15) is 9.59 Å². The first kappa shape index (κ1) is 13.6. The molecule has 1 amide bonds. The third kappa shape index (κ3) is 3.13. The molecule has 2 N–H and O–H groups in total. The second-order valence-electron chi connectivity index (χ2n) is 4.78. The first-order valence-corrected chi connectivity index (χ1v) is 6.70. The van der Waals surface area contributed by atoms with Crippen molar-refractivity contribution in [1.29, 1.82) is 0 Å². The summed E-state index contributed by atoms with van der Waals surface area (Å²) in [7, 11) is 1.67. The molecule has 1 aromatic heterocycles. The zero-order chi connectivity index (χ0) is 13.8. The zero-order valence-electron chi connectivity index (χ0n) is 11.4. The van der Waals surface area contributed by atoms with Gasteiger partial charge in [0, 0.05) is 38.5 Å². The Kier molecular flexibility index (Phi) is 4.19. The van der Waals surface area contributed by atoms with Gasteiger partial charge in [-0.3, -0.25) is 9.59 Å². The number of aryl methyl sites for hydroxylation is 1. The molecule has 0 aromatic carbocycles. The van der Waals surface area contributed by atoms with E-state index in [1.165, 1.54) is 6.07 Å². The Morgan fingerprint density at radius 3 is 2.79 bits per heavy atom. The van der Waals surface area contributed by atoms with E-state index in [4.69, 9.17) is 0 Å². The second-order valence-corrected chi connectivity index (χ2v) is 4.78. The molecule has 2 rings (SSSR count). The van der Waals surface area contributed by atoms with Crippen molar-refractivity contribution in [3.8, 4) is 0 Å². The maximum absolute atomic E-state index is 11.6. The van der Waals surface area contributed by atoms with Crippen LogP contribution in [0.15, 0.2) is 10.9 Å². The van der Waals surface area contributed by atoms with Crippen molar-refractivity contribution < 1.29 is 4.79 Å². The minimum atomic E-state index is -0.115. The molecule has 1 aliphatic heterocycles. The number of nitrogens with one attached hydrogen (secondary N) is 2. The number of amides is 1. The number of carbonyl (C=O) groups is 1. The van der Waals surface area contributed by atoms with Gasteiger partial charge in [0.05, 0.1) is 0 Å². The summed E-state index contributed by atoms with van der Waals surface area (Å²) in [6.07, 6.45) is 2.31. The normalized spacial score (nSPS) is 16.4. The Morgan fingerprint density at radius 1 is 1.53 bits per heavy atom. The lowest BCUT2D eigenvalue weighted by molar-refractivity contribution is -0.125. The number of rotatable bonds is 3. The van der Waals surface area contributed by atoms with Gasteiger partial charge in [0.1, 0.15) is 11.6 Å². The van der Waals surface area contributed by atoms with E-state index in [-0.39, 0.29) is 17.4 Å². The molecule has 0 spiro atoms. The monoisotopic (exact) mass is 264 g/mol. The molecule has 1 aliphatic rings. The van der Waals surface area contributed by atoms with E-state index in [0.29, 0.717) is 12.2 Å². The van der Waals surface area contributed by atoms with Crippen LogP contribution in [0.25, 0.3) is 0 Å². The topological polar surface area (TPSA) is 78.1 Å². The highest BCUT2D eigenvalue weighted by Gasteiger charge is 2.25. The molecule has 6 nitrogen and oxygen atoms in total. The van der Waals surface area contributed by atoms with Crippen LogP contribution in [0.3, 0.4) is 0 Å². The molecular weight excluding hydrogens is 244 g/mol. The summed E-state index contributed by atoms with van der Waals surface area (Å²) in [5.74, 6) is 1.61. The molecule has 19 heavy (non-hydrogen) atoms. The molecule has 0 bridgehead atoms. The van der Waals surface area contributed by atoms with Crippen molar-refractivity contribution in [1.82, 2.24) is 15.3 Å². The fourth-order valence-electron chi connectivity index (χ4n) is 2.40. The number of aromatic amines is 1. The number of carbonyl (C=O) groups excluding carboxylic acids is 1. The third-order valence-electron chi connectivity index (χ3n) is 3.55. The molecule has 1 fully saturated rings. The van der Waals surface area contributed by atoms with Crippen molar-refractivity contribution >= 4 is 11.7 Å². The highest BCUT2D eigenvalue weighted by atomic mass is 16.1. The highest BCUT2D eigenvalue weighted by molar-refractivity contribution is 5.78.